The number of ether oxygens (including phenoxy) is 1. The highest BCUT2D eigenvalue weighted by Crippen LogP contribution is 2.25. The van der Waals surface area contributed by atoms with Crippen molar-refractivity contribution in [1.29, 1.82) is 0 Å². The predicted octanol–water partition coefficient (Wildman–Crippen LogP) is 0.105. The number of benzene rings is 1. The lowest BCUT2D eigenvalue weighted by Crippen LogP contribution is -2.99. The van der Waals surface area contributed by atoms with Gasteiger partial charge in [0.2, 0.25) is 5.69 Å². The first-order valence-electron chi connectivity index (χ1n) is 4.12. The standard InChI is InChI=1S/C9H11NO5/c1-5-3-8(15-2)7(10(13)14)4-6(5)9(11)12/h3-4,10,13H,1-2H3,(H,11,12). The Morgan fingerprint density at radius 2 is 2.13 bits per heavy atom. The van der Waals surface area contributed by atoms with Crippen molar-refractivity contribution in [3.05, 3.63) is 28.5 Å². The topological polar surface area (TPSA) is 94.3 Å². The lowest BCUT2D eigenvalue weighted by molar-refractivity contribution is -0.991. The van der Waals surface area contributed by atoms with Crippen molar-refractivity contribution in [1.82, 2.24) is 0 Å². The molecule has 0 aliphatic rings. The molecular formula is C9H11NO5. The van der Waals surface area contributed by atoms with Crippen molar-refractivity contribution in [2.24, 2.45) is 0 Å². The quantitative estimate of drug-likeness (QED) is 0.619. The molecule has 1 unspecified atom stereocenters. The van der Waals surface area contributed by atoms with Crippen LogP contribution in [0.1, 0.15) is 15.9 Å². The summed E-state index contributed by atoms with van der Waals surface area (Å²) in [7, 11) is 1.33. The number of carbonyl (C=O) groups is 1. The van der Waals surface area contributed by atoms with E-state index in [1.54, 1.807) is 6.92 Å². The second kappa shape index (κ2) is 4.26. The van der Waals surface area contributed by atoms with Gasteiger partial charge in [-0.3, -0.25) is 0 Å². The molecule has 0 radical (unpaired) electrons. The van der Waals surface area contributed by atoms with E-state index < -0.39 is 11.2 Å². The number of aromatic carboxylic acids is 1. The third-order valence-corrected chi connectivity index (χ3v) is 2.01. The average molecular weight is 213 g/mol. The lowest BCUT2D eigenvalue weighted by Gasteiger charge is -2.16. The molecule has 0 bridgehead atoms. The molecule has 1 aromatic carbocycles. The molecule has 0 aromatic heterocycles. The number of methoxy groups -OCH3 is 1. The van der Waals surface area contributed by atoms with Crippen molar-refractivity contribution in [3.63, 3.8) is 0 Å². The maximum Gasteiger partial charge on any atom is 0.336 e. The van der Waals surface area contributed by atoms with Crippen molar-refractivity contribution in [2.75, 3.05) is 7.11 Å². The van der Waals surface area contributed by atoms with E-state index >= 15 is 0 Å². The average Bonchev–Trinajstić information content (AvgIpc) is 2.16. The highest BCUT2D eigenvalue weighted by molar-refractivity contribution is 5.90. The zero-order valence-electron chi connectivity index (χ0n) is 8.27. The third-order valence-electron chi connectivity index (χ3n) is 2.01. The van der Waals surface area contributed by atoms with Crippen LogP contribution in [0.5, 0.6) is 5.75 Å². The van der Waals surface area contributed by atoms with Crippen LogP contribution in [0, 0.1) is 12.1 Å². The van der Waals surface area contributed by atoms with E-state index in [2.05, 4.69) is 0 Å². The second-order valence-electron chi connectivity index (χ2n) is 2.98. The predicted molar refractivity (Wildman–Crippen MR) is 50.5 cm³/mol. The largest absolute Gasteiger partial charge is 0.595 e. The molecule has 6 nitrogen and oxygen atoms in total. The number of nitrogens with one attached hydrogen (secondary N) is 1. The highest BCUT2D eigenvalue weighted by Gasteiger charge is 2.16. The Labute approximate surface area is 85.9 Å². The van der Waals surface area contributed by atoms with Crippen molar-refractivity contribution in [3.8, 4) is 5.75 Å². The van der Waals surface area contributed by atoms with Gasteiger partial charge < -0.3 is 15.1 Å². The van der Waals surface area contributed by atoms with Gasteiger partial charge in [0.05, 0.1) is 12.7 Å². The fourth-order valence-electron chi connectivity index (χ4n) is 1.25. The van der Waals surface area contributed by atoms with Gasteiger partial charge in [0, 0.05) is 6.07 Å². The summed E-state index contributed by atoms with van der Waals surface area (Å²) in [6, 6.07) is 2.49. The Morgan fingerprint density at radius 3 is 2.53 bits per heavy atom. The Hall–Kier alpha value is -1.63. The highest BCUT2D eigenvalue weighted by atomic mass is 16.8. The van der Waals surface area contributed by atoms with Crippen LogP contribution in [0.3, 0.4) is 0 Å². The zero-order valence-corrected chi connectivity index (χ0v) is 8.27. The van der Waals surface area contributed by atoms with E-state index in [1.807, 2.05) is 0 Å². The minimum Gasteiger partial charge on any atom is -0.595 e. The summed E-state index contributed by atoms with van der Waals surface area (Å²) < 4.78 is 4.85. The molecule has 0 saturated heterocycles. The van der Waals surface area contributed by atoms with Crippen LogP contribution in [0.4, 0.5) is 5.69 Å². The number of rotatable bonds is 3. The van der Waals surface area contributed by atoms with Crippen LogP contribution >= 0.6 is 0 Å². The first-order valence-corrected chi connectivity index (χ1v) is 4.12. The maximum absolute atomic E-state index is 10.8. The van der Waals surface area contributed by atoms with Crippen LogP contribution in [-0.4, -0.2) is 23.4 Å². The molecule has 3 N–H and O–H groups in total. The summed E-state index contributed by atoms with van der Waals surface area (Å²) in [4.78, 5) is 10.8. The molecule has 0 fully saturated rings. The fraction of sp³-hybridized carbons (Fsp3) is 0.222. The second-order valence-corrected chi connectivity index (χ2v) is 2.98. The first kappa shape index (κ1) is 11.4. The summed E-state index contributed by atoms with van der Waals surface area (Å²) in [5, 5.41) is 27.2. The number of aryl methyl sites for hydroxylation is 1. The van der Waals surface area contributed by atoms with E-state index in [0.717, 1.165) is 6.07 Å². The number of hydrogen-bond acceptors (Lipinski definition) is 4. The molecular weight excluding hydrogens is 202 g/mol. The van der Waals surface area contributed by atoms with Gasteiger partial charge in [0.1, 0.15) is 0 Å². The monoisotopic (exact) mass is 213 g/mol. The smallest absolute Gasteiger partial charge is 0.336 e. The molecule has 0 spiro atoms. The SMILES string of the molecule is COc1cc(C)c(C(=O)O)cc1[NH+]([O-])O. The minimum atomic E-state index is -1.21. The molecule has 1 aromatic rings. The molecule has 15 heavy (non-hydrogen) atoms. The number of quaternary nitrogens is 1. The van der Waals surface area contributed by atoms with Crippen molar-refractivity contribution in [2.45, 2.75) is 6.92 Å². The Bertz CT molecular complexity index is 388. The van der Waals surface area contributed by atoms with Gasteiger partial charge in [-0.2, -0.15) is 5.23 Å². The van der Waals surface area contributed by atoms with E-state index in [9.17, 15) is 10.0 Å². The Kier molecular flexibility index (Phi) is 3.25. The van der Waals surface area contributed by atoms with Gasteiger partial charge in [-0.25, -0.2) is 10.0 Å². The summed E-state index contributed by atoms with van der Waals surface area (Å²) in [5.41, 5.74) is 0.276. The fourth-order valence-corrected chi connectivity index (χ4v) is 1.25. The number of carboxylic acid groups (broad SMARTS) is 1. The van der Waals surface area contributed by atoms with Crippen LogP contribution < -0.4 is 9.96 Å². The van der Waals surface area contributed by atoms with Gasteiger partial charge in [0.15, 0.2) is 5.75 Å². The molecule has 82 valence electrons. The Morgan fingerprint density at radius 1 is 1.53 bits per heavy atom. The van der Waals surface area contributed by atoms with Gasteiger partial charge in [-0.1, -0.05) is 0 Å². The summed E-state index contributed by atoms with van der Waals surface area (Å²) in [6.07, 6.45) is 0. The summed E-state index contributed by atoms with van der Waals surface area (Å²) in [6.45, 7) is 1.58. The minimum absolute atomic E-state index is 0.0341. The molecule has 0 heterocycles. The maximum atomic E-state index is 10.8. The zero-order chi connectivity index (χ0) is 11.6. The lowest BCUT2D eigenvalue weighted by atomic mass is 10.1. The van der Waals surface area contributed by atoms with Crippen LogP contribution in [-0.2, 0) is 0 Å². The van der Waals surface area contributed by atoms with Gasteiger partial charge in [-0.05, 0) is 18.6 Å². The van der Waals surface area contributed by atoms with E-state index in [4.69, 9.17) is 15.1 Å². The van der Waals surface area contributed by atoms with Gasteiger partial charge in [-0.15, -0.1) is 0 Å². The van der Waals surface area contributed by atoms with E-state index in [0.29, 0.717) is 5.56 Å². The summed E-state index contributed by atoms with van der Waals surface area (Å²) >= 11 is 0. The van der Waals surface area contributed by atoms with E-state index in [-0.39, 0.29) is 17.0 Å². The number of carboxylic acids is 1. The number of hydrogen-bond donors (Lipinski definition) is 3. The molecule has 0 amide bonds. The van der Waals surface area contributed by atoms with Crippen LogP contribution in [0.25, 0.3) is 0 Å². The van der Waals surface area contributed by atoms with Crippen LogP contribution in [0.15, 0.2) is 12.1 Å². The van der Waals surface area contributed by atoms with E-state index in [1.165, 1.54) is 13.2 Å². The van der Waals surface area contributed by atoms with Crippen LogP contribution in [0.2, 0.25) is 0 Å². The van der Waals surface area contributed by atoms with Gasteiger partial charge >= 0.3 is 5.97 Å². The first-order chi connectivity index (χ1) is 6.97. The summed E-state index contributed by atoms with van der Waals surface area (Å²) in [5.74, 6) is -0.998. The molecule has 1 atom stereocenters. The molecule has 0 saturated carbocycles. The Balaban J connectivity index is 3.37. The molecule has 0 aliphatic heterocycles. The normalized spacial score (nSPS) is 12.3. The molecule has 6 heteroatoms. The molecule has 0 aliphatic carbocycles. The van der Waals surface area contributed by atoms with Crippen molar-refractivity contribution >= 4 is 11.7 Å². The van der Waals surface area contributed by atoms with Crippen molar-refractivity contribution < 1.29 is 25.1 Å². The van der Waals surface area contributed by atoms with Gasteiger partial charge in [0.25, 0.3) is 0 Å². The third kappa shape index (κ3) is 2.24. The molecule has 1 rings (SSSR count).